The van der Waals surface area contributed by atoms with Gasteiger partial charge in [0.15, 0.2) is 0 Å². The molecule has 1 aliphatic carbocycles. The van der Waals surface area contributed by atoms with Gasteiger partial charge in [0.05, 0.1) is 16.8 Å². The molecule has 3 unspecified atom stereocenters. The Morgan fingerprint density at radius 3 is 1.95 bits per heavy atom. The highest BCUT2D eigenvalue weighted by Crippen LogP contribution is 2.55. The van der Waals surface area contributed by atoms with E-state index in [2.05, 4.69) is 48.5 Å². The summed E-state index contributed by atoms with van der Waals surface area (Å²) in [6, 6.07) is 0. The number of ether oxygens (including phenoxy) is 1. The lowest BCUT2D eigenvalue weighted by atomic mass is 9.59. The minimum Gasteiger partial charge on any atom is -0.389 e. The molecule has 1 aliphatic heterocycles. The minimum absolute atomic E-state index is 0.116. The lowest BCUT2D eigenvalue weighted by Gasteiger charge is -2.50. The second-order valence-electron chi connectivity index (χ2n) is 9.18. The molecule has 19 heavy (non-hydrogen) atoms. The maximum Gasteiger partial charge on any atom is 0.0711 e. The molecule has 1 N–H and O–H groups in total. The zero-order chi connectivity index (χ0) is 14.7. The summed E-state index contributed by atoms with van der Waals surface area (Å²) in [7, 11) is 0. The third-order valence-corrected chi connectivity index (χ3v) is 5.11. The van der Waals surface area contributed by atoms with Gasteiger partial charge in [-0.15, -0.1) is 0 Å². The van der Waals surface area contributed by atoms with Crippen molar-refractivity contribution in [3.8, 4) is 0 Å². The molecule has 1 saturated carbocycles. The van der Waals surface area contributed by atoms with Gasteiger partial charge in [0.25, 0.3) is 0 Å². The third kappa shape index (κ3) is 3.00. The Kier molecular flexibility index (Phi) is 3.39. The smallest absolute Gasteiger partial charge is 0.0711 e. The number of aliphatic hydroxyl groups is 1. The van der Waals surface area contributed by atoms with Crippen molar-refractivity contribution in [2.24, 2.45) is 17.3 Å². The first-order valence-electron chi connectivity index (χ1n) is 7.78. The molecule has 1 saturated heterocycles. The van der Waals surface area contributed by atoms with Crippen LogP contribution in [0.15, 0.2) is 0 Å². The van der Waals surface area contributed by atoms with Gasteiger partial charge < -0.3 is 9.84 Å². The molecule has 0 amide bonds. The number of hydrogen-bond acceptors (Lipinski definition) is 2. The molecule has 2 rings (SSSR count). The van der Waals surface area contributed by atoms with Crippen LogP contribution in [0.25, 0.3) is 0 Å². The van der Waals surface area contributed by atoms with Crippen LogP contribution in [-0.4, -0.2) is 21.9 Å². The van der Waals surface area contributed by atoms with Crippen molar-refractivity contribution in [1.29, 1.82) is 0 Å². The second kappa shape index (κ2) is 4.21. The third-order valence-electron chi connectivity index (χ3n) is 5.11. The molecule has 0 aromatic heterocycles. The Hall–Kier alpha value is -0.0800. The molecule has 1 heterocycles. The van der Waals surface area contributed by atoms with E-state index < -0.39 is 5.60 Å². The van der Waals surface area contributed by atoms with Gasteiger partial charge in [0.2, 0.25) is 0 Å². The van der Waals surface area contributed by atoms with Crippen molar-refractivity contribution >= 4 is 0 Å². The molecule has 3 atom stereocenters. The largest absolute Gasteiger partial charge is 0.389 e. The molecule has 2 fully saturated rings. The van der Waals surface area contributed by atoms with Gasteiger partial charge in [-0.1, -0.05) is 20.8 Å². The first kappa shape index (κ1) is 15.3. The molecule has 112 valence electrons. The Balaban J connectivity index is 2.29. The zero-order valence-corrected chi connectivity index (χ0v) is 13.8. The highest BCUT2D eigenvalue weighted by molar-refractivity contribution is 5.07. The summed E-state index contributed by atoms with van der Waals surface area (Å²) >= 11 is 0. The van der Waals surface area contributed by atoms with Crippen LogP contribution >= 0.6 is 0 Å². The maximum absolute atomic E-state index is 11.4. The maximum atomic E-state index is 11.4. The summed E-state index contributed by atoms with van der Waals surface area (Å²) in [5.41, 5.74) is -0.687. The van der Waals surface area contributed by atoms with Crippen LogP contribution in [0.3, 0.4) is 0 Å². The molecule has 0 spiro atoms. The molecular weight excluding hydrogens is 236 g/mol. The summed E-state index contributed by atoms with van der Waals surface area (Å²) in [5.74, 6) is 0.824. The van der Waals surface area contributed by atoms with Crippen LogP contribution < -0.4 is 0 Å². The SMILES string of the molecule is CC1CC(C)(C)CC(O)(C2CC(C)(C)OC2(C)C)C1. The van der Waals surface area contributed by atoms with Crippen LogP contribution in [0.2, 0.25) is 0 Å². The van der Waals surface area contributed by atoms with Crippen molar-refractivity contribution < 1.29 is 9.84 Å². The molecule has 2 aliphatic rings. The lowest BCUT2D eigenvalue weighted by Crippen LogP contribution is -2.52. The summed E-state index contributed by atoms with van der Waals surface area (Å²) < 4.78 is 6.21. The summed E-state index contributed by atoms with van der Waals surface area (Å²) in [4.78, 5) is 0. The van der Waals surface area contributed by atoms with Crippen LogP contribution in [0.5, 0.6) is 0 Å². The average molecular weight is 268 g/mol. The number of rotatable bonds is 1. The molecular formula is C17H32O2. The van der Waals surface area contributed by atoms with E-state index in [1.165, 1.54) is 6.42 Å². The van der Waals surface area contributed by atoms with Gasteiger partial charge in [-0.2, -0.15) is 0 Å². The van der Waals surface area contributed by atoms with Crippen molar-refractivity contribution in [3.63, 3.8) is 0 Å². The van der Waals surface area contributed by atoms with E-state index in [0.717, 1.165) is 19.3 Å². The van der Waals surface area contributed by atoms with E-state index in [1.54, 1.807) is 0 Å². The predicted octanol–water partition coefficient (Wildman–Crippen LogP) is 4.16. The zero-order valence-electron chi connectivity index (χ0n) is 13.8. The highest BCUT2D eigenvalue weighted by atomic mass is 16.5. The Labute approximate surface area is 118 Å². The molecule has 0 bridgehead atoms. The highest BCUT2D eigenvalue weighted by Gasteiger charge is 2.57. The van der Waals surface area contributed by atoms with Crippen molar-refractivity contribution in [3.05, 3.63) is 0 Å². The van der Waals surface area contributed by atoms with Crippen LogP contribution in [-0.2, 0) is 4.74 Å². The van der Waals surface area contributed by atoms with Crippen molar-refractivity contribution in [2.45, 2.75) is 91.0 Å². The van der Waals surface area contributed by atoms with E-state index in [0.29, 0.717) is 5.92 Å². The second-order valence-corrected chi connectivity index (χ2v) is 9.18. The molecule has 2 nitrogen and oxygen atoms in total. The van der Waals surface area contributed by atoms with Gasteiger partial charge in [-0.3, -0.25) is 0 Å². The van der Waals surface area contributed by atoms with Gasteiger partial charge in [-0.25, -0.2) is 0 Å². The quantitative estimate of drug-likeness (QED) is 0.774. The van der Waals surface area contributed by atoms with E-state index in [1.807, 2.05) is 0 Å². The fourth-order valence-corrected chi connectivity index (χ4v) is 5.26. The van der Waals surface area contributed by atoms with Crippen molar-refractivity contribution in [1.82, 2.24) is 0 Å². The number of hydrogen-bond donors (Lipinski definition) is 1. The Bertz CT molecular complexity index is 356. The predicted molar refractivity (Wildman–Crippen MR) is 79.1 cm³/mol. The first-order chi connectivity index (χ1) is 8.35. The molecule has 0 radical (unpaired) electrons. The van der Waals surface area contributed by atoms with Gasteiger partial charge in [0, 0.05) is 5.92 Å². The molecule has 0 aromatic rings. The first-order valence-corrected chi connectivity index (χ1v) is 7.78. The molecule has 2 heteroatoms. The summed E-state index contributed by atoms with van der Waals surface area (Å²) in [6.07, 6.45) is 3.99. The summed E-state index contributed by atoms with van der Waals surface area (Å²) in [6.45, 7) is 15.5. The molecule has 0 aromatic carbocycles. The fraction of sp³-hybridized carbons (Fsp3) is 1.00. The van der Waals surface area contributed by atoms with Crippen LogP contribution in [0.4, 0.5) is 0 Å². The van der Waals surface area contributed by atoms with E-state index in [4.69, 9.17) is 4.74 Å². The topological polar surface area (TPSA) is 29.5 Å². The summed E-state index contributed by atoms with van der Waals surface area (Å²) in [5, 5.41) is 11.4. The van der Waals surface area contributed by atoms with E-state index >= 15 is 0 Å². The van der Waals surface area contributed by atoms with Crippen molar-refractivity contribution in [2.75, 3.05) is 0 Å². The Morgan fingerprint density at radius 1 is 0.947 bits per heavy atom. The van der Waals surface area contributed by atoms with Gasteiger partial charge in [-0.05, 0) is 64.7 Å². The normalized spacial score (nSPS) is 44.2. The van der Waals surface area contributed by atoms with Gasteiger partial charge >= 0.3 is 0 Å². The minimum atomic E-state index is -0.571. The van der Waals surface area contributed by atoms with Gasteiger partial charge in [0.1, 0.15) is 0 Å². The average Bonchev–Trinajstić information content (AvgIpc) is 2.29. The van der Waals surface area contributed by atoms with Crippen LogP contribution in [0.1, 0.15) is 74.1 Å². The van der Waals surface area contributed by atoms with E-state index in [-0.39, 0.29) is 22.5 Å². The lowest BCUT2D eigenvalue weighted by molar-refractivity contribution is -0.146. The van der Waals surface area contributed by atoms with E-state index in [9.17, 15) is 5.11 Å². The standard InChI is InChI=1S/C17H32O2/c1-12-8-14(2,3)11-17(18,9-12)13-10-15(4,5)19-16(13,6)7/h12-13,18H,8-11H2,1-7H3. The monoisotopic (exact) mass is 268 g/mol. The van der Waals surface area contributed by atoms with Crippen LogP contribution in [0, 0.1) is 17.3 Å². The Morgan fingerprint density at radius 2 is 1.53 bits per heavy atom. The fourth-order valence-electron chi connectivity index (χ4n) is 5.26.